The van der Waals surface area contributed by atoms with Crippen LogP contribution in [0.5, 0.6) is 11.5 Å². The van der Waals surface area contributed by atoms with Gasteiger partial charge < -0.3 is 19.8 Å². The molecule has 1 saturated heterocycles. The lowest BCUT2D eigenvalue weighted by Crippen LogP contribution is -2.74. The number of piperidine rings is 1. The van der Waals surface area contributed by atoms with Crippen LogP contribution in [0.25, 0.3) is 0 Å². The van der Waals surface area contributed by atoms with Gasteiger partial charge in [-0.3, -0.25) is 9.69 Å². The molecule has 0 radical (unpaired) electrons. The first-order valence-corrected chi connectivity index (χ1v) is 13.5. The first-order chi connectivity index (χ1) is 17.7. The van der Waals surface area contributed by atoms with Crippen molar-refractivity contribution >= 4 is 5.91 Å². The normalized spacial score (nSPS) is 28.6. The molecule has 2 N–H and O–H groups in total. The van der Waals surface area contributed by atoms with Gasteiger partial charge in [0.1, 0.15) is 0 Å². The molecule has 6 nitrogen and oxygen atoms in total. The van der Waals surface area contributed by atoms with Crippen LogP contribution < -0.4 is 4.74 Å². The van der Waals surface area contributed by atoms with Gasteiger partial charge in [-0.15, -0.1) is 6.58 Å². The number of phenols is 1. The third-order valence-electron chi connectivity index (χ3n) is 9.42. The lowest BCUT2D eigenvalue weighted by Gasteiger charge is -2.65. The number of carbonyl (C=O) groups excluding carboxylic acids is 1. The average molecular weight is 505 g/mol. The summed E-state index contributed by atoms with van der Waals surface area (Å²) >= 11 is 0. The Morgan fingerprint density at radius 3 is 2.84 bits per heavy atom. The Bertz CT molecular complexity index is 1200. The highest BCUT2D eigenvalue weighted by molar-refractivity contribution is 5.76. The molecule has 198 valence electrons. The molecule has 1 saturated carbocycles. The Balaban J connectivity index is 1.47. The van der Waals surface area contributed by atoms with Crippen molar-refractivity contribution in [3.05, 3.63) is 71.3 Å². The summed E-state index contributed by atoms with van der Waals surface area (Å²) in [5, 5.41) is 23.3. The van der Waals surface area contributed by atoms with Gasteiger partial charge in [0.2, 0.25) is 5.91 Å². The van der Waals surface area contributed by atoms with Gasteiger partial charge in [-0.25, -0.2) is 0 Å². The molecule has 1 amide bonds. The summed E-state index contributed by atoms with van der Waals surface area (Å²) in [4.78, 5) is 17.6. The molecule has 2 bridgehead atoms. The summed E-state index contributed by atoms with van der Waals surface area (Å²) in [6.07, 6.45) is 6.54. The number of likely N-dealkylation sites (tertiary alicyclic amines) is 1. The molecular weight excluding hydrogens is 464 g/mol. The Labute approximate surface area is 220 Å². The number of benzene rings is 2. The van der Waals surface area contributed by atoms with E-state index in [1.807, 2.05) is 30.2 Å². The third kappa shape index (κ3) is 4.15. The van der Waals surface area contributed by atoms with Gasteiger partial charge in [0.15, 0.2) is 11.5 Å². The van der Waals surface area contributed by atoms with Crippen LogP contribution >= 0.6 is 0 Å². The van der Waals surface area contributed by atoms with Crippen molar-refractivity contribution in [3.63, 3.8) is 0 Å². The number of amides is 1. The number of fused-ring (bicyclic) bond motifs is 1. The second-order valence-electron chi connectivity index (χ2n) is 11.3. The summed E-state index contributed by atoms with van der Waals surface area (Å²) in [5.74, 6) is 0.711. The van der Waals surface area contributed by atoms with Crippen molar-refractivity contribution in [3.8, 4) is 11.5 Å². The number of phenolic OH excluding ortho intramolecular Hbond substituents is 1. The highest BCUT2D eigenvalue weighted by atomic mass is 16.5. The zero-order chi connectivity index (χ0) is 26.4. The van der Waals surface area contributed by atoms with Crippen molar-refractivity contribution in [2.45, 2.75) is 75.0 Å². The predicted octanol–water partition coefficient (Wildman–Crippen LogP) is 4.14. The molecule has 37 heavy (non-hydrogen) atoms. The summed E-state index contributed by atoms with van der Waals surface area (Å²) in [6.45, 7) is 7.58. The fraction of sp³-hybridized carbons (Fsp3) is 0.516. The summed E-state index contributed by atoms with van der Waals surface area (Å²) in [6, 6.07) is 12.0. The lowest BCUT2D eigenvalue weighted by molar-refractivity contribution is -0.176. The van der Waals surface area contributed by atoms with E-state index in [0.29, 0.717) is 31.4 Å². The van der Waals surface area contributed by atoms with E-state index in [4.69, 9.17) is 4.74 Å². The number of carbonyl (C=O) groups is 1. The van der Waals surface area contributed by atoms with Crippen molar-refractivity contribution in [2.24, 2.45) is 0 Å². The van der Waals surface area contributed by atoms with Gasteiger partial charge in [0, 0.05) is 43.1 Å². The largest absolute Gasteiger partial charge is 0.504 e. The van der Waals surface area contributed by atoms with Crippen molar-refractivity contribution in [1.82, 2.24) is 9.80 Å². The van der Waals surface area contributed by atoms with Gasteiger partial charge in [-0.1, -0.05) is 42.0 Å². The monoisotopic (exact) mass is 504 g/mol. The van der Waals surface area contributed by atoms with Crippen LogP contribution in [-0.2, 0) is 23.1 Å². The number of aryl methyl sites for hydroxylation is 2. The smallest absolute Gasteiger partial charge is 0.222 e. The van der Waals surface area contributed by atoms with E-state index in [1.165, 1.54) is 11.1 Å². The van der Waals surface area contributed by atoms with E-state index in [1.54, 1.807) is 13.2 Å². The maximum atomic E-state index is 13.4. The van der Waals surface area contributed by atoms with Gasteiger partial charge in [-0.2, -0.15) is 0 Å². The van der Waals surface area contributed by atoms with E-state index in [-0.39, 0.29) is 23.7 Å². The molecule has 3 aliphatic rings. The van der Waals surface area contributed by atoms with E-state index >= 15 is 0 Å². The number of nitrogens with zero attached hydrogens (tertiary/aromatic N) is 2. The number of aromatic hydroxyl groups is 1. The fourth-order valence-corrected chi connectivity index (χ4v) is 7.58. The van der Waals surface area contributed by atoms with Gasteiger partial charge in [0.05, 0.1) is 12.7 Å². The molecule has 0 aromatic heterocycles. The number of ether oxygens (including phenoxy) is 1. The lowest BCUT2D eigenvalue weighted by atomic mass is 9.48. The molecule has 2 aromatic rings. The highest BCUT2D eigenvalue weighted by Gasteiger charge is 2.65. The Morgan fingerprint density at radius 1 is 1.30 bits per heavy atom. The number of hydrogen-bond donors (Lipinski definition) is 2. The minimum absolute atomic E-state index is 0.00916. The quantitative estimate of drug-likeness (QED) is 0.555. The van der Waals surface area contributed by atoms with Crippen LogP contribution in [0.2, 0.25) is 0 Å². The predicted molar refractivity (Wildman–Crippen MR) is 145 cm³/mol. The topological polar surface area (TPSA) is 73.2 Å². The molecule has 2 aliphatic carbocycles. The molecule has 1 heterocycles. The van der Waals surface area contributed by atoms with Gasteiger partial charge in [0.25, 0.3) is 0 Å². The molecule has 0 spiro atoms. The van der Waals surface area contributed by atoms with Crippen LogP contribution in [-0.4, -0.2) is 70.9 Å². The molecule has 6 heteroatoms. The molecule has 1 unspecified atom stereocenters. The Kier molecular flexibility index (Phi) is 6.84. The first-order valence-electron chi connectivity index (χ1n) is 13.5. The highest BCUT2D eigenvalue weighted by Crippen LogP contribution is 2.61. The molecule has 2 aromatic carbocycles. The second-order valence-corrected chi connectivity index (χ2v) is 11.3. The number of hydrogen-bond acceptors (Lipinski definition) is 5. The Hall–Kier alpha value is -2.83. The zero-order valence-electron chi connectivity index (χ0n) is 22.4. The molecule has 1 aliphatic heterocycles. The van der Waals surface area contributed by atoms with Crippen LogP contribution in [0.4, 0.5) is 0 Å². The number of aliphatic hydroxyl groups is 1. The van der Waals surface area contributed by atoms with Crippen molar-refractivity contribution < 1.29 is 19.7 Å². The summed E-state index contributed by atoms with van der Waals surface area (Å²) in [7, 11) is 3.50. The van der Waals surface area contributed by atoms with E-state index in [2.05, 4.69) is 36.6 Å². The van der Waals surface area contributed by atoms with E-state index < -0.39 is 11.0 Å². The Morgan fingerprint density at radius 2 is 2.11 bits per heavy atom. The maximum absolute atomic E-state index is 13.4. The SMILES string of the molecule is C=CCN1CC[C@]23CC(N(C)C(=O)CCc4cccc(C)c4)CC[C@@]2(O)[C@H]1Cc1ccc(O)c(OC)c13. The minimum Gasteiger partial charge on any atom is -0.504 e. The van der Waals surface area contributed by atoms with Gasteiger partial charge >= 0.3 is 0 Å². The average Bonchev–Trinajstić information content (AvgIpc) is 2.88. The molecule has 4 atom stereocenters. The molecule has 5 rings (SSSR count). The summed E-state index contributed by atoms with van der Waals surface area (Å²) in [5.41, 5.74) is 2.88. The number of methoxy groups -OCH3 is 1. The van der Waals surface area contributed by atoms with Crippen LogP contribution in [0, 0.1) is 6.92 Å². The van der Waals surface area contributed by atoms with Crippen molar-refractivity contribution in [1.29, 1.82) is 0 Å². The number of rotatable bonds is 7. The fourth-order valence-electron chi connectivity index (χ4n) is 7.58. The van der Waals surface area contributed by atoms with Gasteiger partial charge in [-0.05, 0) is 69.2 Å². The third-order valence-corrected chi connectivity index (χ3v) is 9.42. The standard InChI is InChI=1S/C31H40N2O4/c1-5-16-33-17-15-30-20-24(32(3)27(35)12-9-22-8-6-7-21(2)18-22)13-14-31(30,36)26(33)19-23-10-11-25(34)29(37-4)28(23)30/h5-8,10-11,18,24,26,34,36H,1,9,12-17,19-20H2,2-4H3/t24?,26-,30-,31-/m1/s1. The summed E-state index contributed by atoms with van der Waals surface area (Å²) < 4.78 is 5.77. The van der Waals surface area contributed by atoms with Crippen LogP contribution in [0.15, 0.2) is 49.1 Å². The van der Waals surface area contributed by atoms with E-state index in [9.17, 15) is 15.0 Å². The first kappa shape index (κ1) is 25.8. The molecule has 2 fully saturated rings. The van der Waals surface area contributed by atoms with E-state index in [0.717, 1.165) is 43.5 Å². The molecular formula is C31H40N2O4. The van der Waals surface area contributed by atoms with Crippen LogP contribution in [0.1, 0.15) is 54.4 Å². The maximum Gasteiger partial charge on any atom is 0.222 e. The van der Waals surface area contributed by atoms with Crippen molar-refractivity contribution in [2.75, 3.05) is 27.2 Å². The zero-order valence-corrected chi connectivity index (χ0v) is 22.4. The second kappa shape index (κ2) is 9.80. The van der Waals surface area contributed by atoms with Crippen LogP contribution in [0.3, 0.4) is 0 Å². The minimum atomic E-state index is -0.968.